The van der Waals surface area contributed by atoms with Gasteiger partial charge in [0.15, 0.2) is 5.96 Å². The van der Waals surface area contributed by atoms with Crippen molar-refractivity contribution in [3.05, 3.63) is 35.1 Å². The van der Waals surface area contributed by atoms with Crippen LogP contribution in [0.2, 0.25) is 0 Å². The van der Waals surface area contributed by atoms with E-state index in [2.05, 4.69) is 15.6 Å². The number of hydrogen-bond acceptors (Lipinski definition) is 2. The molecule has 26 heavy (non-hydrogen) atoms. The van der Waals surface area contributed by atoms with Gasteiger partial charge >= 0.3 is 6.18 Å². The number of carbonyl (C=O) groups excluding carboxylic acids is 1. The highest BCUT2D eigenvalue weighted by molar-refractivity contribution is 14.0. The third-order valence-electron chi connectivity index (χ3n) is 3.26. The zero-order valence-corrected chi connectivity index (χ0v) is 17.1. The Morgan fingerprint density at radius 1 is 1.23 bits per heavy atom. The van der Waals surface area contributed by atoms with E-state index in [0.29, 0.717) is 19.2 Å². The lowest BCUT2D eigenvalue weighted by Crippen LogP contribution is -2.39. The van der Waals surface area contributed by atoms with Gasteiger partial charge < -0.3 is 15.5 Å². The van der Waals surface area contributed by atoms with Gasteiger partial charge in [-0.1, -0.05) is 6.07 Å². The van der Waals surface area contributed by atoms with E-state index in [-0.39, 0.29) is 54.4 Å². The summed E-state index contributed by atoms with van der Waals surface area (Å²) in [6, 6.07) is 2.50. The van der Waals surface area contributed by atoms with Crippen molar-refractivity contribution in [2.75, 3.05) is 27.2 Å². The van der Waals surface area contributed by atoms with Crippen molar-refractivity contribution in [2.45, 2.75) is 26.1 Å². The van der Waals surface area contributed by atoms with Crippen LogP contribution < -0.4 is 10.6 Å². The molecule has 5 nitrogen and oxygen atoms in total. The molecule has 0 atom stereocenters. The highest BCUT2D eigenvalue weighted by atomic mass is 127. The molecule has 1 aromatic rings. The van der Waals surface area contributed by atoms with Crippen molar-refractivity contribution in [3.63, 3.8) is 0 Å². The van der Waals surface area contributed by atoms with Gasteiger partial charge in [-0.3, -0.25) is 4.79 Å². The predicted octanol–water partition coefficient (Wildman–Crippen LogP) is 3.00. The molecule has 0 fully saturated rings. The smallest absolute Gasteiger partial charge is 0.357 e. The van der Waals surface area contributed by atoms with Gasteiger partial charge in [-0.2, -0.15) is 13.2 Å². The number of halogens is 5. The Morgan fingerprint density at radius 3 is 2.42 bits per heavy atom. The van der Waals surface area contributed by atoms with Gasteiger partial charge in [0.1, 0.15) is 5.82 Å². The lowest BCUT2D eigenvalue weighted by Gasteiger charge is -2.15. The Hall–Kier alpha value is -1.59. The summed E-state index contributed by atoms with van der Waals surface area (Å²) in [6.07, 6.45) is -4.43. The molecular weight excluding hydrogens is 467 g/mol. The third-order valence-corrected chi connectivity index (χ3v) is 3.26. The first-order valence-electron chi connectivity index (χ1n) is 7.73. The van der Waals surface area contributed by atoms with Crippen LogP contribution in [-0.4, -0.2) is 44.0 Å². The molecular formula is C16H23F4IN4O. The van der Waals surface area contributed by atoms with Crippen LogP contribution in [-0.2, 0) is 17.5 Å². The molecule has 0 unspecified atom stereocenters. The second-order valence-electron chi connectivity index (χ2n) is 5.46. The Morgan fingerprint density at radius 2 is 1.88 bits per heavy atom. The van der Waals surface area contributed by atoms with E-state index in [9.17, 15) is 22.4 Å². The van der Waals surface area contributed by atoms with E-state index in [1.54, 1.807) is 21.0 Å². The van der Waals surface area contributed by atoms with Crippen LogP contribution in [0, 0.1) is 5.82 Å². The fraction of sp³-hybridized carbons (Fsp3) is 0.500. The fourth-order valence-corrected chi connectivity index (χ4v) is 1.97. The zero-order valence-electron chi connectivity index (χ0n) is 14.8. The van der Waals surface area contributed by atoms with Gasteiger partial charge in [0.2, 0.25) is 5.91 Å². The van der Waals surface area contributed by atoms with Crippen molar-refractivity contribution in [3.8, 4) is 0 Å². The van der Waals surface area contributed by atoms with Crippen LogP contribution >= 0.6 is 24.0 Å². The molecule has 0 radical (unpaired) electrons. The first-order chi connectivity index (χ1) is 11.6. The van der Waals surface area contributed by atoms with Crippen LogP contribution in [0.15, 0.2) is 23.2 Å². The standard InChI is InChI=1S/C16H22F4N4O.HI/c1-4-21-15(22-8-7-14(25)24(2)3)23-10-11-5-6-12(17)9-13(11)16(18,19)20;/h5-6,9H,4,7-8,10H2,1-3H3,(H2,21,22,23);1H. The number of carbonyl (C=O) groups is 1. The normalized spacial score (nSPS) is 11.6. The van der Waals surface area contributed by atoms with Gasteiger partial charge in [0.05, 0.1) is 12.1 Å². The molecule has 0 bridgehead atoms. The van der Waals surface area contributed by atoms with Crippen LogP contribution in [0.1, 0.15) is 24.5 Å². The lowest BCUT2D eigenvalue weighted by atomic mass is 10.1. The number of guanidine groups is 1. The summed E-state index contributed by atoms with van der Waals surface area (Å²) >= 11 is 0. The first kappa shape index (κ1) is 24.4. The summed E-state index contributed by atoms with van der Waals surface area (Å²) in [5.74, 6) is -0.750. The van der Waals surface area contributed by atoms with Crippen LogP contribution in [0.5, 0.6) is 0 Å². The minimum Gasteiger partial charge on any atom is -0.357 e. The molecule has 2 N–H and O–H groups in total. The number of hydrogen-bond donors (Lipinski definition) is 2. The summed E-state index contributed by atoms with van der Waals surface area (Å²) in [5, 5.41) is 5.77. The van der Waals surface area contributed by atoms with Crippen LogP contribution in [0.3, 0.4) is 0 Å². The number of rotatable bonds is 6. The SMILES string of the molecule is CCNC(=NCc1ccc(F)cc1C(F)(F)F)NCCC(=O)N(C)C.I. The predicted molar refractivity (Wildman–Crippen MR) is 103 cm³/mol. The average Bonchev–Trinajstić information content (AvgIpc) is 2.52. The van der Waals surface area contributed by atoms with Gasteiger partial charge in [0, 0.05) is 33.6 Å². The van der Waals surface area contributed by atoms with E-state index >= 15 is 0 Å². The molecule has 148 valence electrons. The molecule has 1 aromatic carbocycles. The highest BCUT2D eigenvalue weighted by Crippen LogP contribution is 2.32. The van der Waals surface area contributed by atoms with Crippen molar-refractivity contribution >= 4 is 35.8 Å². The molecule has 0 heterocycles. The van der Waals surface area contributed by atoms with Gasteiger partial charge in [-0.25, -0.2) is 9.38 Å². The second kappa shape index (κ2) is 11.2. The largest absolute Gasteiger partial charge is 0.416 e. The number of alkyl halides is 3. The lowest BCUT2D eigenvalue weighted by molar-refractivity contribution is -0.138. The summed E-state index contributed by atoms with van der Waals surface area (Å²) in [6.45, 7) is 2.33. The van der Waals surface area contributed by atoms with Crippen molar-refractivity contribution in [2.24, 2.45) is 4.99 Å². The number of aliphatic imine (C=N–C) groups is 1. The topological polar surface area (TPSA) is 56.7 Å². The van der Waals surface area contributed by atoms with Crippen molar-refractivity contribution < 1.29 is 22.4 Å². The molecule has 0 saturated carbocycles. The first-order valence-corrected chi connectivity index (χ1v) is 7.73. The monoisotopic (exact) mass is 490 g/mol. The van der Waals surface area contributed by atoms with Gasteiger partial charge in [-0.05, 0) is 24.6 Å². The van der Waals surface area contributed by atoms with Crippen molar-refractivity contribution in [1.82, 2.24) is 15.5 Å². The molecule has 0 aliphatic carbocycles. The minimum absolute atomic E-state index is 0. The molecule has 10 heteroatoms. The molecule has 0 aromatic heterocycles. The maximum atomic E-state index is 13.1. The molecule has 0 aliphatic heterocycles. The highest BCUT2D eigenvalue weighted by Gasteiger charge is 2.33. The maximum absolute atomic E-state index is 13.1. The molecule has 0 aliphatic rings. The van der Waals surface area contributed by atoms with Gasteiger partial charge in [0.25, 0.3) is 0 Å². The third kappa shape index (κ3) is 8.19. The molecule has 0 saturated heterocycles. The van der Waals surface area contributed by atoms with Crippen LogP contribution in [0.4, 0.5) is 17.6 Å². The number of benzene rings is 1. The summed E-state index contributed by atoms with van der Waals surface area (Å²) < 4.78 is 52.0. The summed E-state index contributed by atoms with van der Waals surface area (Å²) in [4.78, 5) is 17.0. The number of amides is 1. The molecule has 1 rings (SSSR count). The van der Waals surface area contributed by atoms with E-state index in [1.165, 1.54) is 4.90 Å². The Kier molecular flexibility index (Phi) is 10.5. The zero-order chi connectivity index (χ0) is 19.0. The van der Waals surface area contributed by atoms with E-state index in [4.69, 9.17) is 0 Å². The Labute approximate surface area is 167 Å². The van der Waals surface area contributed by atoms with E-state index in [0.717, 1.165) is 12.1 Å². The van der Waals surface area contributed by atoms with Crippen molar-refractivity contribution in [1.29, 1.82) is 0 Å². The molecule has 0 spiro atoms. The second-order valence-corrected chi connectivity index (χ2v) is 5.46. The quantitative estimate of drug-likeness (QED) is 0.279. The maximum Gasteiger partial charge on any atom is 0.416 e. The summed E-state index contributed by atoms with van der Waals surface area (Å²) in [5.41, 5.74) is -1.18. The van der Waals surface area contributed by atoms with Gasteiger partial charge in [-0.15, -0.1) is 24.0 Å². The summed E-state index contributed by atoms with van der Waals surface area (Å²) in [7, 11) is 3.27. The fourth-order valence-electron chi connectivity index (χ4n) is 1.97. The molecule has 1 amide bonds. The van der Waals surface area contributed by atoms with E-state index in [1.807, 2.05) is 0 Å². The Balaban J connectivity index is 0.00000625. The number of nitrogens with one attached hydrogen (secondary N) is 2. The van der Waals surface area contributed by atoms with Crippen LogP contribution in [0.25, 0.3) is 0 Å². The minimum atomic E-state index is -4.66. The average molecular weight is 490 g/mol. The number of nitrogens with zero attached hydrogens (tertiary/aromatic N) is 2. The Bertz CT molecular complexity index is 621. The van der Waals surface area contributed by atoms with E-state index < -0.39 is 17.6 Å².